The Kier molecular flexibility index (Phi) is 5.13. The second-order valence-corrected chi connectivity index (χ2v) is 6.89. The summed E-state index contributed by atoms with van der Waals surface area (Å²) < 4.78 is 5.20. The normalized spacial score (nSPS) is 14.6. The van der Waals surface area contributed by atoms with Crippen molar-refractivity contribution in [3.05, 3.63) is 40.5 Å². The quantitative estimate of drug-likeness (QED) is 0.833. The van der Waals surface area contributed by atoms with E-state index >= 15 is 0 Å². The van der Waals surface area contributed by atoms with E-state index in [4.69, 9.17) is 16.1 Å². The third kappa shape index (κ3) is 4.13. The van der Waals surface area contributed by atoms with Gasteiger partial charge in [-0.1, -0.05) is 16.8 Å². The maximum Gasteiger partial charge on any atom is 0.319 e. The van der Waals surface area contributed by atoms with Gasteiger partial charge in [0.2, 0.25) is 5.89 Å². The molecule has 1 atom stereocenters. The molecule has 0 bridgehead atoms. The third-order valence-electron chi connectivity index (χ3n) is 3.98. The molecule has 1 aromatic carbocycles. The van der Waals surface area contributed by atoms with Gasteiger partial charge in [0.1, 0.15) is 6.04 Å². The molecule has 1 unspecified atom stereocenters. The van der Waals surface area contributed by atoms with Crippen LogP contribution in [0.25, 0.3) is 0 Å². The monoisotopic (exact) mass is 377 g/mol. The fourth-order valence-corrected chi connectivity index (χ4v) is 2.56. The standard InChI is InChI=1S/C17H20ClN5O3/c1-9(15-21-14(22-26-15)10-4-5-10)19-17(25)20-11-6-7-13(18)12(8-11)16(24)23(2)3/h6-10H,4-5H2,1-3H3,(H2,19,20,25). The van der Waals surface area contributed by atoms with Crippen molar-refractivity contribution in [2.75, 3.05) is 19.4 Å². The lowest BCUT2D eigenvalue weighted by Crippen LogP contribution is -2.31. The van der Waals surface area contributed by atoms with E-state index in [9.17, 15) is 9.59 Å². The van der Waals surface area contributed by atoms with E-state index in [1.807, 2.05) is 0 Å². The van der Waals surface area contributed by atoms with Crippen LogP contribution in [0.5, 0.6) is 0 Å². The molecule has 3 rings (SSSR count). The van der Waals surface area contributed by atoms with Gasteiger partial charge in [-0.2, -0.15) is 4.98 Å². The first-order valence-electron chi connectivity index (χ1n) is 8.27. The van der Waals surface area contributed by atoms with Crippen molar-refractivity contribution in [1.82, 2.24) is 20.4 Å². The summed E-state index contributed by atoms with van der Waals surface area (Å²) in [5.74, 6) is 1.20. The van der Waals surface area contributed by atoms with Gasteiger partial charge in [-0.3, -0.25) is 4.79 Å². The van der Waals surface area contributed by atoms with Crippen LogP contribution in [0.4, 0.5) is 10.5 Å². The van der Waals surface area contributed by atoms with Gasteiger partial charge < -0.3 is 20.1 Å². The van der Waals surface area contributed by atoms with E-state index < -0.39 is 12.1 Å². The number of carbonyl (C=O) groups is 2. The van der Waals surface area contributed by atoms with Crippen LogP contribution in [0.1, 0.15) is 53.8 Å². The van der Waals surface area contributed by atoms with E-state index in [1.54, 1.807) is 33.2 Å². The summed E-state index contributed by atoms with van der Waals surface area (Å²) >= 11 is 6.07. The van der Waals surface area contributed by atoms with Crippen molar-refractivity contribution in [1.29, 1.82) is 0 Å². The SMILES string of the molecule is CC(NC(=O)Nc1ccc(Cl)c(C(=O)N(C)C)c1)c1nc(C2CC2)no1. The minimum atomic E-state index is -0.450. The molecule has 0 radical (unpaired) electrons. The molecule has 3 amide bonds. The van der Waals surface area contributed by atoms with Crippen LogP contribution >= 0.6 is 11.6 Å². The van der Waals surface area contributed by atoms with Crippen molar-refractivity contribution in [3.63, 3.8) is 0 Å². The largest absolute Gasteiger partial charge is 0.345 e. The van der Waals surface area contributed by atoms with E-state index in [1.165, 1.54) is 11.0 Å². The van der Waals surface area contributed by atoms with Gasteiger partial charge in [0.25, 0.3) is 5.91 Å². The second-order valence-electron chi connectivity index (χ2n) is 6.48. The lowest BCUT2D eigenvalue weighted by Gasteiger charge is -2.14. The van der Waals surface area contributed by atoms with Crippen molar-refractivity contribution < 1.29 is 14.1 Å². The minimum absolute atomic E-state index is 0.245. The van der Waals surface area contributed by atoms with Crippen molar-refractivity contribution in [2.24, 2.45) is 0 Å². The molecule has 0 spiro atoms. The number of hydrogen-bond acceptors (Lipinski definition) is 5. The first-order valence-corrected chi connectivity index (χ1v) is 8.65. The zero-order chi connectivity index (χ0) is 18.8. The highest BCUT2D eigenvalue weighted by Gasteiger charge is 2.29. The van der Waals surface area contributed by atoms with Crippen LogP contribution in [0.3, 0.4) is 0 Å². The van der Waals surface area contributed by atoms with Gasteiger partial charge in [-0.15, -0.1) is 0 Å². The van der Waals surface area contributed by atoms with Crippen LogP contribution in [0, 0.1) is 0 Å². The Morgan fingerprint density at radius 3 is 2.73 bits per heavy atom. The van der Waals surface area contributed by atoms with Gasteiger partial charge in [-0.25, -0.2) is 4.79 Å². The highest BCUT2D eigenvalue weighted by Crippen LogP contribution is 2.38. The molecular weight excluding hydrogens is 358 g/mol. The number of urea groups is 1. The van der Waals surface area contributed by atoms with Crippen molar-refractivity contribution >= 4 is 29.2 Å². The summed E-state index contributed by atoms with van der Waals surface area (Å²) in [6, 6.07) is 3.83. The van der Waals surface area contributed by atoms with Crippen molar-refractivity contribution in [2.45, 2.75) is 31.7 Å². The first-order chi connectivity index (χ1) is 12.3. The number of rotatable bonds is 5. The predicted octanol–water partition coefficient (Wildman–Crippen LogP) is 3.18. The molecule has 1 heterocycles. The molecule has 1 aromatic heterocycles. The Hall–Kier alpha value is -2.61. The van der Waals surface area contributed by atoms with Crippen LogP contribution in [-0.2, 0) is 0 Å². The van der Waals surface area contributed by atoms with Crippen LogP contribution in [-0.4, -0.2) is 41.1 Å². The van der Waals surface area contributed by atoms with Gasteiger partial charge in [0.15, 0.2) is 5.82 Å². The maximum atomic E-state index is 12.2. The molecule has 9 heteroatoms. The highest BCUT2D eigenvalue weighted by atomic mass is 35.5. The number of halogens is 1. The van der Waals surface area contributed by atoms with E-state index in [0.29, 0.717) is 33.9 Å². The second kappa shape index (κ2) is 7.33. The minimum Gasteiger partial charge on any atom is -0.345 e. The molecule has 0 aliphatic heterocycles. The summed E-state index contributed by atoms with van der Waals surface area (Å²) in [7, 11) is 3.26. The lowest BCUT2D eigenvalue weighted by atomic mass is 10.2. The average Bonchev–Trinajstić information content (AvgIpc) is 3.32. The summed E-state index contributed by atoms with van der Waals surface area (Å²) in [5, 5.41) is 9.66. The van der Waals surface area contributed by atoms with Crippen LogP contribution in [0.15, 0.2) is 22.7 Å². The topological polar surface area (TPSA) is 100 Å². The summed E-state index contributed by atoms with van der Waals surface area (Å²) in [6.07, 6.45) is 2.15. The van der Waals surface area contributed by atoms with Crippen molar-refractivity contribution in [3.8, 4) is 0 Å². The number of anilines is 1. The van der Waals surface area contributed by atoms with Gasteiger partial charge in [0.05, 0.1) is 10.6 Å². The summed E-state index contributed by atoms with van der Waals surface area (Å²) in [5.41, 5.74) is 0.766. The average molecular weight is 378 g/mol. The Bertz CT molecular complexity index is 832. The smallest absolute Gasteiger partial charge is 0.319 e. The Morgan fingerprint density at radius 1 is 1.35 bits per heavy atom. The molecule has 8 nitrogen and oxygen atoms in total. The number of benzene rings is 1. The van der Waals surface area contributed by atoms with E-state index in [2.05, 4.69) is 20.8 Å². The zero-order valence-corrected chi connectivity index (χ0v) is 15.5. The number of nitrogens with zero attached hydrogens (tertiary/aromatic N) is 3. The molecule has 0 saturated heterocycles. The van der Waals surface area contributed by atoms with Gasteiger partial charge >= 0.3 is 6.03 Å². The van der Waals surface area contributed by atoms with Gasteiger partial charge in [-0.05, 0) is 38.0 Å². The predicted molar refractivity (Wildman–Crippen MR) is 96.3 cm³/mol. The molecular formula is C17H20ClN5O3. The number of nitrogens with one attached hydrogen (secondary N) is 2. The van der Waals surface area contributed by atoms with E-state index in [0.717, 1.165) is 12.8 Å². The molecule has 26 heavy (non-hydrogen) atoms. The molecule has 2 aromatic rings. The van der Waals surface area contributed by atoms with Crippen LogP contribution < -0.4 is 10.6 Å². The number of hydrogen-bond donors (Lipinski definition) is 2. The van der Waals surface area contributed by atoms with E-state index in [-0.39, 0.29) is 5.91 Å². The zero-order valence-electron chi connectivity index (χ0n) is 14.7. The summed E-state index contributed by atoms with van der Waals surface area (Å²) in [6.45, 7) is 1.76. The maximum absolute atomic E-state index is 12.2. The molecule has 1 fully saturated rings. The fourth-order valence-electron chi connectivity index (χ4n) is 2.36. The third-order valence-corrected chi connectivity index (χ3v) is 4.31. The van der Waals surface area contributed by atoms with Gasteiger partial charge in [0, 0.05) is 25.7 Å². The fraction of sp³-hybridized carbons (Fsp3) is 0.412. The lowest BCUT2D eigenvalue weighted by molar-refractivity contribution is 0.0828. The highest BCUT2D eigenvalue weighted by molar-refractivity contribution is 6.34. The van der Waals surface area contributed by atoms with Crippen LogP contribution in [0.2, 0.25) is 5.02 Å². The number of aromatic nitrogens is 2. The number of amides is 3. The molecule has 2 N–H and O–H groups in total. The Morgan fingerprint density at radius 2 is 2.08 bits per heavy atom. The molecule has 138 valence electrons. The molecule has 1 aliphatic carbocycles. The Labute approximate surface area is 155 Å². The molecule has 1 saturated carbocycles. The summed E-state index contributed by atoms with van der Waals surface area (Å²) in [4.78, 5) is 30.1. The molecule has 1 aliphatic rings. The Balaban J connectivity index is 1.63. The number of carbonyl (C=O) groups excluding carboxylic acids is 2. The first kappa shape index (κ1) is 18.2.